The number of nitrogens with zero attached hydrogens (tertiary/aromatic N) is 2. The first-order chi connectivity index (χ1) is 9.17. The maximum absolute atomic E-state index is 11.1. The number of aromatic nitrogens is 1. The van der Waals surface area contributed by atoms with E-state index in [1.54, 1.807) is 12.4 Å². The van der Waals surface area contributed by atoms with Crippen LogP contribution in [0.25, 0.3) is 0 Å². The van der Waals surface area contributed by atoms with E-state index in [2.05, 4.69) is 15.3 Å². The Morgan fingerprint density at radius 1 is 1.68 bits per heavy atom. The van der Waals surface area contributed by atoms with Crippen LogP contribution in [0.4, 0.5) is 0 Å². The average molecular weight is 264 g/mol. The lowest BCUT2D eigenvalue weighted by Crippen LogP contribution is -2.40. The Hall–Kier alpha value is -1.79. The number of pyridine rings is 1. The molecule has 1 heterocycles. The van der Waals surface area contributed by atoms with Gasteiger partial charge in [-0.2, -0.15) is 0 Å². The molecule has 1 rings (SSSR count). The lowest BCUT2D eigenvalue weighted by atomic mass is 10.2. The highest BCUT2D eigenvalue weighted by Gasteiger charge is 2.11. The van der Waals surface area contributed by atoms with Crippen LogP contribution in [0.15, 0.2) is 23.3 Å². The van der Waals surface area contributed by atoms with Crippen LogP contribution in [0.1, 0.15) is 24.6 Å². The zero-order chi connectivity index (χ0) is 14.1. The van der Waals surface area contributed by atoms with Crippen molar-refractivity contribution in [3.63, 3.8) is 0 Å². The maximum Gasteiger partial charge on any atom is 0.234 e. The summed E-state index contributed by atoms with van der Waals surface area (Å²) in [6.45, 7) is 2.79. The molecular weight excluding hydrogens is 244 g/mol. The SMILES string of the molecule is CCC(NCc1cc(/C=N/CCO)ccn1)C(N)=O. The lowest BCUT2D eigenvalue weighted by molar-refractivity contribution is -0.120. The van der Waals surface area contributed by atoms with Gasteiger partial charge in [0, 0.05) is 19.0 Å². The van der Waals surface area contributed by atoms with Crippen LogP contribution in [0.3, 0.4) is 0 Å². The van der Waals surface area contributed by atoms with Crippen LogP contribution in [0.2, 0.25) is 0 Å². The number of carbonyl (C=O) groups is 1. The predicted octanol–water partition coefficient (Wildman–Crippen LogP) is -0.154. The van der Waals surface area contributed by atoms with Gasteiger partial charge < -0.3 is 16.2 Å². The molecule has 0 saturated carbocycles. The van der Waals surface area contributed by atoms with Crippen LogP contribution in [-0.2, 0) is 11.3 Å². The normalized spacial score (nSPS) is 12.7. The van der Waals surface area contributed by atoms with Crippen molar-refractivity contribution < 1.29 is 9.90 Å². The molecule has 4 N–H and O–H groups in total. The van der Waals surface area contributed by atoms with E-state index in [-0.39, 0.29) is 18.6 Å². The first-order valence-electron chi connectivity index (χ1n) is 6.25. The van der Waals surface area contributed by atoms with Gasteiger partial charge in [0.25, 0.3) is 0 Å². The second kappa shape index (κ2) is 8.34. The second-order valence-corrected chi connectivity index (χ2v) is 4.08. The minimum Gasteiger partial charge on any atom is -0.394 e. The zero-order valence-electron chi connectivity index (χ0n) is 11.0. The molecule has 0 radical (unpaired) electrons. The van der Waals surface area contributed by atoms with Gasteiger partial charge >= 0.3 is 0 Å². The van der Waals surface area contributed by atoms with E-state index < -0.39 is 0 Å². The van der Waals surface area contributed by atoms with Crippen molar-refractivity contribution in [2.24, 2.45) is 10.7 Å². The number of aliphatic imine (C=N–C) groups is 1. The molecule has 1 aromatic rings. The number of amides is 1. The molecule has 1 aromatic heterocycles. The molecule has 0 aromatic carbocycles. The topological polar surface area (TPSA) is 101 Å². The number of hydrogen-bond donors (Lipinski definition) is 3. The van der Waals surface area contributed by atoms with Crippen molar-refractivity contribution in [2.45, 2.75) is 25.9 Å². The van der Waals surface area contributed by atoms with Crippen molar-refractivity contribution in [2.75, 3.05) is 13.2 Å². The molecular formula is C13H20N4O2. The molecule has 0 aliphatic heterocycles. The van der Waals surface area contributed by atoms with Crippen LogP contribution >= 0.6 is 0 Å². The molecule has 0 aliphatic rings. The van der Waals surface area contributed by atoms with E-state index in [0.717, 1.165) is 11.3 Å². The number of aliphatic hydroxyl groups is 1. The Balaban J connectivity index is 2.59. The van der Waals surface area contributed by atoms with E-state index in [0.29, 0.717) is 19.5 Å². The fraction of sp³-hybridized carbons (Fsp3) is 0.462. The molecule has 0 fully saturated rings. The number of rotatable bonds is 8. The highest BCUT2D eigenvalue weighted by Crippen LogP contribution is 2.01. The van der Waals surface area contributed by atoms with Gasteiger partial charge in [-0.3, -0.25) is 14.8 Å². The van der Waals surface area contributed by atoms with E-state index in [1.807, 2.05) is 19.1 Å². The van der Waals surface area contributed by atoms with Gasteiger partial charge in [0.05, 0.1) is 24.9 Å². The third-order valence-corrected chi connectivity index (χ3v) is 2.59. The van der Waals surface area contributed by atoms with E-state index >= 15 is 0 Å². The summed E-state index contributed by atoms with van der Waals surface area (Å²) in [5.41, 5.74) is 6.98. The number of aliphatic hydroxyl groups excluding tert-OH is 1. The quantitative estimate of drug-likeness (QED) is 0.568. The fourth-order valence-electron chi connectivity index (χ4n) is 1.58. The van der Waals surface area contributed by atoms with Gasteiger partial charge in [0.2, 0.25) is 5.91 Å². The van der Waals surface area contributed by atoms with Gasteiger partial charge in [0.15, 0.2) is 0 Å². The summed E-state index contributed by atoms with van der Waals surface area (Å²) >= 11 is 0. The highest BCUT2D eigenvalue weighted by molar-refractivity contribution is 5.80. The number of nitrogens with one attached hydrogen (secondary N) is 1. The maximum atomic E-state index is 11.1. The summed E-state index contributed by atoms with van der Waals surface area (Å²) < 4.78 is 0. The van der Waals surface area contributed by atoms with Crippen LogP contribution < -0.4 is 11.1 Å². The van der Waals surface area contributed by atoms with Gasteiger partial charge in [-0.25, -0.2) is 0 Å². The second-order valence-electron chi connectivity index (χ2n) is 4.08. The van der Waals surface area contributed by atoms with Crippen molar-refractivity contribution >= 4 is 12.1 Å². The Morgan fingerprint density at radius 3 is 3.11 bits per heavy atom. The minimum absolute atomic E-state index is 0.0345. The third kappa shape index (κ3) is 5.58. The molecule has 0 saturated heterocycles. The Kier molecular flexibility index (Phi) is 6.70. The molecule has 19 heavy (non-hydrogen) atoms. The summed E-state index contributed by atoms with van der Waals surface area (Å²) in [5, 5.41) is 11.7. The predicted molar refractivity (Wildman–Crippen MR) is 73.9 cm³/mol. The number of carbonyl (C=O) groups excluding carboxylic acids is 1. The van der Waals surface area contributed by atoms with Gasteiger partial charge in [-0.15, -0.1) is 0 Å². The molecule has 1 unspecified atom stereocenters. The Labute approximate surface area is 112 Å². The number of primary amides is 1. The van der Waals surface area contributed by atoms with Gasteiger partial charge in [0.1, 0.15) is 0 Å². The van der Waals surface area contributed by atoms with Crippen molar-refractivity contribution in [1.29, 1.82) is 0 Å². The molecule has 0 spiro atoms. The zero-order valence-corrected chi connectivity index (χ0v) is 11.0. The molecule has 0 bridgehead atoms. The van der Waals surface area contributed by atoms with E-state index in [9.17, 15) is 4.79 Å². The van der Waals surface area contributed by atoms with E-state index in [1.165, 1.54) is 0 Å². The molecule has 6 heteroatoms. The lowest BCUT2D eigenvalue weighted by Gasteiger charge is -2.12. The summed E-state index contributed by atoms with van der Waals surface area (Å²) in [6, 6.07) is 3.37. The molecule has 6 nitrogen and oxygen atoms in total. The first-order valence-corrected chi connectivity index (χ1v) is 6.25. The minimum atomic E-state index is -0.358. The van der Waals surface area contributed by atoms with Crippen molar-refractivity contribution in [3.05, 3.63) is 29.6 Å². The van der Waals surface area contributed by atoms with E-state index in [4.69, 9.17) is 10.8 Å². The van der Waals surface area contributed by atoms with Crippen molar-refractivity contribution in [3.8, 4) is 0 Å². The van der Waals surface area contributed by atoms with Gasteiger partial charge in [-0.05, 0) is 24.1 Å². The Bertz CT molecular complexity index is 434. The fourth-order valence-corrected chi connectivity index (χ4v) is 1.58. The first kappa shape index (κ1) is 15.3. The Morgan fingerprint density at radius 2 is 2.47 bits per heavy atom. The monoisotopic (exact) mass is 264 g/mol. The third-order valence-electron chi connectivity index (χ3n) is 2.59. The number of nitrogens with two attached hydrogens (primary N) is 1. The highest BCUT2D eigenvalue weighted by atomic mass is 16.3. The average Bonchev–Trinajstić information content (AvgIpc) is 2.40. The summed E-state index contributed by atoms with van der Waals surface area (Å²) in [7, 11) is 0. The standard InChI is InChI=1S/C13H20N4O2/c1-2-12(13(14)19)17-9-11-7-10(3-4-16-11)8-15-5-6-18/h3-4,7-8,12,17-18H,2,5-6,9H2,1H3,(H2,14,19)/b15-8+. The summed E-state index contributed by atoms with van der Waals surface area (Å²) in [5.74, 6) is -0.358. The molecule has 1 amide bonds. The van der Waals surface area contributed by atoms with Gasteiger partial charge in [-0.1, -0.05) is 6.92 Å². The smallest absolute Gasteiger partial charge is 0.234 e. The van der Waals surface area contributed by atoms with Crippen molar-refractivity contribution in [1.82, 2.24) is 10.3 Å². The summed E-state index contributed by atoms with van der Waals surface area (Å²) in [6.07, 6.45) is 4.02. The molecule has 1 atom stereocenters. The largest absolute Gasteiger partial charge is 0.394 e. The molecule has 0 aliphatic carbocycles. The van der Waals surface area contributed by atoms with Crippen LogP contribution in [-0.4, -0.2) is 41.4 Å². The van der Waals surface area contributed by atoms with Crippen LogP contribution in [0.5, 0.6) is 0 Å². The van der Waals surface area contributed by atoms with Crippen LogP contribution in [0, 0.1) is 0 Å². The number of hydrogen-bond acceptors (Lipinski definition) is 5. The molecule has 104 valence electrons. The summed E-state index contributed by atoms with van der Waals surface area (Å²) in [4.78, 5) is 19.3.